The van der Waals surface area contributed by atoms with E-state index < -0.39 is 6.10 Å². The Kier molecular flexibility index (Phi) is 36.6. The van der Waals surface area contributed by atoms with Gasteiger partial charge in [0, 0.05) is 12.8 Å². The van der Waals surface area contributed by atoms with Crippen LogP contribution in [0.15, 0.2) is 72.9 Å². The van der Waals surface area contributed by atoms with Crippen molar-refractivity contribution in [1.29, 1.82) is 0 Å². The molecule has 274 valence electrons. The zero-order valence-electron chi connectivity index (χ0n) is 31.0. The van der Waals surface area contributed by atoms with Gasteiger partial charge in [0.25, 0.3) is 0 Å². The van der Waals surface area contributed by atoms with Crippen LogP contribution in [-0.2, 0) is 19.1 Å². The summed E-state index contributed by atoms with van der Waals surface area (Å²) in [5.74, 6) is -0.671. The van der Waals surface area contributed by atoms with Crippen LogP contribution in [0.2, 0.25) is 0 Å². The molecular weight excluding hydrogens is 596 g/mol. The van der Waals surface area contributed by atoms with E-state index >= 15 is 0 Å². The average Bonchev–Trinajstić information content (AvgIpc) is 3.09. The third-order valence-corrected chi connectivity index (χ3v) is 7.97. The predicted octanol–water partition coefficient (Wildman–Crippen LogP) is 12.2. The minimum absolute atomic E-state index is 0.101. The second-order valence-corrected chi connectivity index (χ2v) is 12.6. The molecule has 0 aliphatic heterocycles. The molecule has 48 heavy (non-hydrogen) atoms. The molecule has 1 N–H and O–H groups in total. The van der Waals surface area contributed by atoms with Crippen LogP contribution in [-0.4, -0.2) is 36.4 Å². The first-order valence-electron chi connectivity index (χ1n) is 19.5. The SMILES string of the molecule is CCCCCC=CCC=CCC=CCC=CCCCC(=O)OC[C@H](CO)OC(=O)CCCCCCCCCC=CCC=CCCCCC. The zero-order chi connectivity index (χ0) is 35.0. The number of carbonyl (C=O) groups excluding carboxylic acids is 2. The van der Waals surface area contributed by atoms with Crippen LogP contribution in [0.5, 0.6) is 0 Å². The smallest absolute Gasteiger partial charge is 0.306 e. The van der Waals surface area contributed by atoms with E-state index in [2.05, 4.69) is 86.8 Å². The zero-order valence-corrected chi connectivity index (χ0v) is 31.0. The van der Waals surface area contributed by atoms with Crippen molar-refractivity contribution in [2.24, 2.45) is 0 Å². The van der Waals surface area contributed by atoms with Crippen LogP contribution in [0.25, 0.3) is 0 Å². The minimum Gasteiger partial charge on any atom is -0.462 e. The summed E-state index contributed by atoms with van der Waals surface area (Å²) < 4.78 is 10.6. The monoisotopic (exact) mass is 669 g/mol. The van der Waals surface area contributed by atoms with Crippen molar-refractivity contribution in [3.8, 4) is 0 Å². The Hall–Kier alpha value is -2.66. The third kappa shape index (κ3) is 36.2. The molecule has 0 aliphatic rings. The molecule has 0 aromatic carbocycles. The van der Waals surface area contributed by atoms with Crippen molar-refractivity contribution in [2.45, 2.75) is 174 Å². The van der Waals surface area contributed by atoms with Crippen LogP contribution >= 0.6 is 0 Å². The van der Waals surface area contributed by atoms with Crippen molar-refractivity contribution in [3.05, 3.63) is 72.9 Å². The topological polar surface area (TPSA) is 72.8 Å². The molecule has 0 saturated carbocycles. The van der Waals surface area contributed by atoms with Crippen LogP contribution < -0.4 is 0 Å². The van der Waals surface area contributed by atoms with E-state index in [1.807, 2.05) is 0 Å². The van der Waals surface area contributed by atoms with Gasteiger partial charge in [-0.3, -0.25) is 9.59 Å². The molecule has 0 bridgehead atoms. The molecule has 0 amide bonds. The lowest BCUT2D eigenvalue weighted by molar-refractivity contribution is -0.161. The summed E-state index contributed by atoms with van der Waals surface area (Å²) in [4.78, 5) is 24.2. The highest BCUT2D eigenvalue weighted by Gasteiger charge is 2.16. The fourth-order valence-corrected chi connectivity index (χ4v) is 4.99. The predicted molar refractivity (Wildman–Crippen MR) is 205 cm³/mol. The molecule has 0 aromatic rings. The fourth-order valence-electron chi connectivity index (χ4n) is 4.99. The molecule has 0 rings (SSSR count). The quantitative estimate of drug-likeness (QED) is 0.0420. The minimum atomic E-state index is -0.800. The fraction of sp³-hybridized carbons (Fsp3) is 0.674. The molecule has 0 radical (unpaired) electrons. The van der Waals surface area contributed by atoms with Gasteiger partial charge in [0.2, 0.25) is 0 Å². The van der Waals surface area contributed by atoms with Gasteiger partial charge < -0.3 is 14.6 Å². The first kappa shape index (κ1) is 45.3. The largest absolute Gasteiger partial charge is 0.462 e. The van der Waals surface area contributed by atoms with Gasteiger partial charge in [0.1, 0.15) is 6.61 Å². The lowest BCUT2D eigenvalue weighted by Gasteiger charge is -2.15. The number of aliphatic hydroxyl groups is 1. The number of unbranched alkanes of at least 4 members (excludes halogenated alkanes) is 14. The highest BCUT2D eigenvalue weighted by Crippen LogP contribution is 2.11. The first-order chi connectivity index (χ1) is 23.6. The van der Waals surface area contributed by atoms with Crippen molar-refractivity contribution < 1.29 is 24.2 Å². The number of esters is 2. The summed E-state index contributed by atoms with van der Waals surface area (Å²) >= 11 is 0. The molecule has 0 heterocycles. The Morgan fingerprint density at radius 2 is 0.854 bits per heavy atom. The Morgan fingerprint density at radius 1 is 0.479 bits per heavy atom. The van der Waals surface area contributed by atoms with Crippen LogP contribution in [0.3, 0.4) is 0 Å². The summed E-state index contributed by atoms with van der Waals surface area (Å²) in [6.45, 7) is 4.01. The molecule has 0 unspecified atom stereocenters. The number of ether oxygens (including phenoxy) is 2. The van der Waals surface area contributed by atoms with Crippen LogP contribution in [0, 0.1) is 0 Å². The standard InChI is InChI=1S/C43H72O5/c1-3-5-7-9-11-13-15-17-19-21-23-25-27-29-31-33-35-37-42(45)47-40-41(39-44)48-43(46)38-36-34-32-30-28-26-24-22-20-18-16-14-12-10-8-6-4-2/h11-14,17-20,23,25,29,31,41,44H,3-10,15-16,21-22,24,26-28,30,32-40H2,1-2H3/t41-/m0/s1. The maximum atomic E-state index is 12.2. The van der Waals surface area contributed by atoms with E-state index in [9.17, 15) is 14.7 Å². The number of hydrogen-bond donors (Lipinski definition) is 1. The number of aliphatic hydroxyl groups excluding tert-OH is 1. The van der Waals surface area contributed by atoms with E-state index in [4.69, 9.17) is 9.47 Å². The summed E-state index contributed by atoms with van der Waals surface area (Å²) in [6, 6.07) is 0. The highest BCUT2D eigenvalue weighted by atomic mass is 16.6. The molecule has 5 heteroatoms. The van der Waals surface area contributed by atoms with Crippen LogP contribution in [0.4, 0.5) is 0 Å². The van der Waals surface area contributed by atoms with Crippen LogP contribution in [0.1, 0.15) is 168 Å². The third-order valence-electron chi connectivity index (χ3n) is 7.97. The molecule has 1 atom stereocenters. The average molecular weight is 669 g/mol. The van der Waals surface area contributed by atoms with E-state index in [1.165, 1.54) is 77.0 Å². The number of carbonyl (C=O) groups is 2. The van der Waals surface area contributed by atoms with Gasteiger partial charge in [0.05, 0.1) is 6.61 Å². The van der Waals surface area contributed by atoms with Gasteiger partial charge in [0.15, 0.2) is 6.10 Å². The van der Waals surface area contributed by atoms with E-state index in [0.717, 1.165) is 57.8 Å². The summed E-state index contributed by atoms with van der Waals surface area (Å²) in [5.41, 5.74) is 0. The molecule has 0 aromatic heterocycles. The molecule has 5 nitrogen and oxygen atoms in total. The lowest BCUT2D eigenvalue weighted by atomic mass is 10.1. The number of allylic oxidation sites excluding steroid dienone is 12. The summed E-state index contributed by atoms with van der Waals surface area (Å²) in [5, 5.41) is 9.54. The summed E-state index contributed by atoms with van der Waals surface area (Å²) in [6.07, 6.45) is 51.0. The van der Waals surface area contributed by atoms with Gasteiger partial charge in [-0.15, -0.1) is 0 Å². The van der Waals surface area contributed by atoms with E-state index in [-0.39, 0.29) is 25.2 Å². The van der Waals surface area contributed by atoms with Crippen molar-refractivity contribution in [2.75, 3.05) is 13.2 Å². The second kappa shape index (κ2) is 38.8. The Balaban J connectivity index is 3.69. The second-order valence-electron chi connectivity index (χ2n) is 12.6. The Bertz CT molecular complexity index is 895. The van der Waals surface area contributed by atoms with Gasteiger partial charge >= 0.3 is 11.9 Å². The molecule has 0 spiro atoms. The first-order valence-corrected chi connectivity index (χ1v) is 19.5. The number of rotatable bonds is 34. The summed E-state index contributed by atoms with van der Waals surface area (Å²) in [7, 11) is 0. The van der Waals surface area contributed by atoms with E-state index in [0.29, 0.717) is 19.3 Å². The van der Waals surface area contributed by atoms with Gasteiger partial charge in [-0.1, -0.05) is 145 Å². The normalized spacial score (nSPS) is 13.0. The Labute approximate surface area is 295 Å². The van der Waals surface area contributed by atoms with Crippen molar-refractivity contribution in [1.82, 2.24) is 0 Å². The molecule has 0 saturated heterocycles. The molecular formula is C43H72O5. The van der Waals surface area contributed by atoms with Gasteiger partial charge in [-0.2, -0.15) is 0 Å². The lowest BCUT2D eigenvalue weighted by Crippen LogP contribution is -2.28. The van der Waals surface area contributed by atoms with Crippen molar-refractivity contribution >= 4 is 11.9 Å². The van der Waals surface area contributed by atoms with E-state index in [1.54, 1.807) is 0 Å². The maximum Gasteiger partial charge on any atom is 0.306 e. The maximum absolute atomic E-state index is 12.2. The van der Waals surface area contributed by atoms with Gasteiger partial charge in [-0.25, -0.2) is 0 Å². The molecule has 0 aliphatic carbocycles. The highest BCUT2D eigenvalue weighted by molar-refractivity contribution is 5.70. The molecule has 0 fully saturated rings. The Morgan fingerprint density at radius 3 is 1.31 bits per heavy atom. The van der Waals surface area contributed by atoms with Crippen molar-refractivity contribution in [3.63, 3.8) is 0 Å². The van der Waals surface area contributed by atoms with Gasteiger partial charge in [-0.05, 0) is 83.5 Å². The number of hydrogen-bond acceptors (Lipinski definition) is 5.